The van der Waals surface area contributed by atoms with E-state index < -0.39 is 58.8 Å². The summed E-state index contributed by atoms with van der Waals surface area (Å²) in [5.41, 5.74) is 4.24. The summed E-state index contributed by atoms with van der Waals surface area (Å²) in [6.07, 6.45) is 0. The second-order valence-electron chi connectivity index (χ2n) is 9.18. The van der Waals surface area contributed by atoms with Crippen LogP contribution in [0.5, 0.6) is 0 Å². The average molecular weight is 710 g/mol. The van der Waals surface area contributed by atoms with Crippen molar-refractivity contribution < 1.29 is 40.3 Å². The maximum absolute atomic E-state index is 13.6. The van der Waals surface area contributed by atoms with E-state index in [0.717, 1.165) is 6.07 Å². The third kappa shape index (κ3) is 6.72. The van der Waals surface area contributed by atoms with Gasteiger partial charge in [0.25, 0.3) is 26.1 Å². The fourth-order valence-corrected chi connectivity index (χ4v) is 6.60. The first-order chi connectivity index (χ1) is 18.9. The molecular formula is C26H22BrN3Na2O9S2. The molecule has 0 atom stereocenters. The van der Waals surface area contributed by atoms with E-state index in [4.69, 9.17) is 5.73 Å². The van der Waals surface area contributed by atoms with Gasteiger partial charge in [0.1, 0.15) is 9.79 Å². The van der Waals surface area contributed by atoms with Crippen molar-refractivity contribution in [2.45, 2.75) is 30.6 Å². The smallest absolute Gasteiger partial charge is 0.296 e. The van der Waals surface area contributed by atoms with Gasteiger partial charge in [0, 0.05) is 75.9 Å². The van der Waals surface area contributed by atoms with Crippen molar-refractivity contribution in [3.8, 4) is 0 Å². The number of ketones is 2. The van der Waals surface area contributed by atoms with Crippen molar-refractivity contribution in [2.24, 2.45) is 0 Å². The van der Waals surface area contributed by atoms with Gasteiger partial charge in [-0.3, -0.25) is 23.5 Å². The first kappa shape index (κ1) is 37.3. The van der Waals surface area contributed by atoms with E-state index in [0.29, 0.717) is 0 Å². The van der Waals surface area contributed by atoms with Crippen LogP contribution in [0.3, 0.4) is 0 Å². The number of fused-ring (bicyclic) bond motifs is 2. The van der Waals surface area contributed by atoms with E-state index in [9.17, 15) is 40.3 Å². The standard InChI is InChI=1S/C26H22BrN3O9S2.2Na/c1-10-21(11(2)25(41(37,38)39)12(3)22(10)30-26(33)13(4)27)29-16-9-17(40(34,35)36)20(28)19-18(16)23(31)14-7-5-6-8-15(14)24(19)32;;/h5-9,29H,4,28H2,1-3H3,(H,30,33)(H,34,35,36)(H,37,38,39);;. The molecule has 3 aromatic rings. The zero-order valence-electron chi connectivity index (χ0n) is 23.6. The van der Waals surface area contributed by atoms with Crippen molar-refractivity contribution >= 4 is 136 Å². The van der Waals surface area contributed by atoms with Gasteiger partial charge in [0.2, 0.25) is 0 Å². The molecule has 0 spiro atoms. The first-order valence-electron chi connectivity index (χ1n) is 11.5. The van der Waals surface area contributed by atoms with Crippen molar-refractivity contribution in [2.75, 3.05) is 16.4 Å². The molecule has 0 heterocycles. The number of nitrogens with two attached hydrogens (primary N) is 1. The van der Waals surface area contributed by atoms with Crippen molar-refractivity contribution in [3.63, 3.8) is 0 Å². The zero-order chi connectivity index (χ0) is 30.8. The molecule has 0 saturated carbocycles. The van der Waals surface area contributed by atoms with Gasteiger partial charge in [-0.05, 0) is 59.5 Å². The number of anilines is 4. The number of nitrogens with one attached hydrogen (secondary N) is 2. The predicted molar refractivity (Wildman–Crippen MR) is 166 cm³/mol. The molecule has 1 aliphatic carbocycles. The molecule has 1 aliphatic rings. The third-order valence-corrected chi connectivity index (χ3v) is 9.04. The van der Waals surface area contributed by atoms with Crippen LogP contribution in [0.4, 0.5) is 22.7 Å². The summed E-state index contributed by atoms with van der Waals surface area (Å²) in [7, 11) is -9.92. The molecule has 216 valence electrons. The van der Waals surface area contributed by atoms with Crippen LogP contribution in [0, 0.1) is 20.8 Å². The van der Waals surface area contributed by atoms with E-state index in [1.54, 1.807) is 0 Å². The number of carbonyl (C=O) groups is 3. The molecule has 3 aromatic carbocycles. The number of hydrogen-bond acceptors (Lipinski definition) is 9. The summed E-state index contributed by atoms with van der Waals surface area (Å²) in [5, 5.41) is 5.31. The Morgan fingerprint density at radius 2 is 1.35 bits per heavy atom. The number of halogens is 1. The van der Waals surface area contributed by atoms with E-state index in [1.807, 2.05) is 0 Å². The average Bonchev–Trinajstić information content (AvgIpc) is 2.86. The van der Waals surface area contributed by atoms with Crippen LogP contribution in [-0.2, 0) is 25.0 Å². The Kier molecular flexibility index (Phi) is 11.5. The van der Waals surface area contributed by atoms with Crippen LogP contribution < -0.4 is 16.4 Å². The summed E-state index contributed by atoms with van der Waals surface area (Å²) in [6, 6.07) is 6.63. The van der Waals surface area contributed by atoms with Crippen LogP contribution in [0.2, 0.25) is 0 Å². The Morgan fingerprint density at radius 1 is 0.860 bits per heavy atom. The zero-order valence-corrected chi connectivity index (χ0v) is 30.8. The Hall–Kier alpha value is -1.89. The van der Waals surface area contributed by atoms with E-state index in [-0.39, 0.29) is 114 Å². The quantitative estimate of drug-likeness (QED) is 0.0849. The van der Waals surface area contributed by atoms with Gasteiger partial charge < -0.3 is 16.4 Å². The minimum atomic E-state index is -5.03. The molecule has 2 radical (unpaired) electrons. The molecule has 12 nitrogen and oxygen atoms in total. The largest absolute Gasteiger partial charge is 0.397 e. The van der Waals surface area contributed by atoms with Crippen molar-refractivity contribution in [3.05, 3.63) is 80.3 Å². The summed E-state index contributed by atoms with van der Waals surface area (Å²) in [6.45, 7) is 7.63. The Balaban J connectivity index is 0.00000323. The molecule has 0 aromatic heterocycles. The van der Waals surface area contributed by atoms with Gasteiger partial charge >= 0.3 is 0 Å². The monoisotopic (exact) mass is 709 g/mol. The topological polar surface area (TPSA) is 210 Å². The van der Waals surface area contributed by atoms with Crippen LogP contribution in [-0.4, -0.2) is 103 Å². The summed E-state index contributed by atoms with van der Waals surface area (Å²) < 4.78 is 69.2. The molecule has 43 heavy (non-hydrogen) atoms. The number of nitrogen functional groups attached to an aromatic ring is 1. The SMILES string of the molecule is C=C(Br)C(=O)Nc1c(C)c(Nc2cc(S(=O)(=O)O)c(N)c3c2C(=O)c2ccccc2C3=O)c(C)c(S(=O)(=O)O)c1C.[Na].[Na]. The van der Waals surface area contributed by atoms with Gasteiger partial charge in [-0.15, -0.1) is 0 Å². The van der Waals surface area contributed by atoms with Crippen LogP contribution in [0.1, 0.15) is 48.5 Å². The number of hydrogen-bond donors (Lipinski definition) is 5. The van der Waals surface area contributed by atoms with Gasteiger partial charge in [-0.2, -0.15) is 16.8 Å². The molecule has 0 aliphatic heterocycles. The Bertz CT molecular complexity index is 1980. The normalized spacial score (nSPS) is 12.3. The second-order valence-corrected chi connectivity index (χ2v) is 12.9. The first-order valence-corrected chi connectivity index (χ1v) is 15.2. The third-order valence-electron chi connectivity index (χ3n) is 6.66. The molecule has 0 saturated heterocycles. The fraction of sp³-hybridized carbons (Fsp3) is 0.115. The van der Waals surface area contributed by atoms with Gasteiger partial charge in [0.15, 0.2) is 11.6 Å². The Labute approximate surface area is 300 Å². The minimum Gasteiger partial charge on any atom is -0.397 e. The molecule has 4 rings (SSSR count). The molecule has 0 bridgehead atoms. The molecule has 0 fully saturated rings. The molecule has 6 N–H and O–H groups in total. The van der Waals surface area contributed by atoms with Crippen LogP contribution in [0.15, 0.2) is 51.2 Å². The van der Waals surface area contributed by atoms with Crippen molar-refractivity contribution in [1.82, 2.24) is 0 Å². The van der Waals surface area contributed by atoms with E-state index in [1.165, 1.54) is 45.0 Å². The number of carbonyl (C=O) groups excluding carboxylic acids is 3. The van der Waals surface area contributed by atoms with Crippen LogP contribution >= 0.6 is 15.9 Å². The predicted octanol–water partition coefficient (Wildman–Crippen LogP) is 3.29. The minimum absolute atomic E-state index is 0. The summed E-state index contributed by atoms with van der Waals surface area (Å²) in [5.74, 6) is -2.21. The maximum atomic E-state index is 13.6. The van der Waals surface area contributed by atoms with Gasteiger partial charge in [0.05, 0.1) is 32.7 Å². The fourth-order valence-electron chi connectivity index (χ4n) is 4.88. The maximum Gasteiger partial charge on any atom is 0.296 e. The second kappa shape index (κ2) is 13.2. The summed E-state index contributed by atoms with van der Waals surface area (Å²) >= 11 is 2.94. The van der Waals surface area contributed by atoms with E-state index in [2.05, 4.69) is 33.1 Å². The van der Waals surface area contributed by atoms with Gasteiger partial charge in [-0.25, -0.2) is 0 Å². The Morgan fingerprint density at radius 3 is 1.81 bits per heavy atom. The number of rotatable bonds is 6. The summed E-state index contributed by atoms with van der Waals surface area (Å²) in [4.78, 5) is 38.1. The van der Waals surface area contributed by atoms with Gasteiger partial charge in [-0.1, -0.05) is 30.8 Å². The molecular weight excluding hydrogens is 688 g/mol. The molecule has 17 heteroatoms. The number of amides is 1. The van der Waals surface area contributed by atoms with Crippen molar-refractivity contribution in [1.29, 1.82) is 0 Å². The van der Waals surface area contributed by atoms with Crippen LogP contribution in [0.25, 0.3) is 0 Å². The molecule has 1 amide bonds. The molecule has 0 unspecified atom stereocenters. The van der Waals surface area contributed by atoms with E-state index >= 15 is 0 Å². The number of benzene rings is 3.